The summed E-state index contributed by atoms with van der Waals surface area (Å²) in [5, 5.41) is 3.64. The van der Waals surface area contributed by atoms with Crippen LogP contribution >= 0.6 is 0 Å². The maximum Gasteiger partial charge on any atom is 0.0402 e. The van der Waals surface area contributed by atoms with Crippen LogP contribution < -0.4 is 10.2 Å². The Hall–Kier alpha value is -1.02. The van der Waals surface area contributed by atoms with E-state index in [-0.39, 0.29) is 0 Å². The summed E-state index contributed by atoms with van der Waals surface area (Å²) in [5.74, 6) is 0.575. The van der Waals surface area contributed by atoms with Gasteiger partial charge in [0.1, 0.15) is 0 Å². The molecule has 0 aromatic heterocycles. The smallest absolute Gasteiger partial charge is 0.0402 e. The molecule has 1 aliphatic rings. The van der Waals surface area contributed by atoms with Crippen LogP contribution in [0.2, 0.25) is 0 Å². The minimum atomic E-state index is 0.314. The quantitative estimate of drug-likeness (QED) is 0.873. The minimum absolute atomic E-state index is 0.314. The Bertz CT molecular complexity index is 423. The van der Waals surface area contributed by atoms with Crippen molar-refractivity contribution in [2.45, 2.75) is 46.6 Å². The Kier molecular flexibility index (Phi) is 4.19. The average molecular weight is 260 g/mol. The van der Waals surface area contributed by atoms with Crippen LogP contribution in [-0.2, 0) is 0 Å². The first kappa shape index (κ1) is 14.4. The number of nitrogens with zero attached hydrogens (tertiary/aromatic N) is 1. The van der Waals surface area contributed by atoms with E-state index in [1.165, 1.54) is 11.3 Å². The molecule has 1 fully saturated rings. The first-order valence-electron chi connectivity index (χ1n) is 7.46. The highest BCUT2D eigenvalue weighted by Gasteiger charge is 2.28. The number of hydrogen-bond donors (Lipinski definition) is 1. The van der Waals surface area contributed by atoms with Crippen molar-refractivity contribution in [2.75, 3.05) is 24.5 Å². The van der Waals surface area contributed by atoms with Crippen LogP contribution in [-0.4, -0.2) is 25.7 Å². The lowest BCUT2D eigenvalue weighted by Gasteiger charge is -2.33. The Morgan fingerprint density at radius 3 is 2.63 bits per heavy atom. The molecular weight excluding hydrogens is 232 g/mol. The van der Waals surface area contributed by atoms with Gasteiger partial charge in [0.15, 0.2) is 0 Å². The second-order valence-electron chi connectivity index (χ2n) is 7.04. The van der Waals surface area contributed by atoms with E-state index in [0.29, 0.717) is 17.4 Å². The largest absolute Gasteiger partial charge is 0.369 e. The van der Waals surface area contributed by atoms with Gasteiger partial charge in [-0.05, 0) is 29.9 Å². The zero-order valence-electron chi connectivity index (χ0n) is 13.0. The lowest BCUT2D eigenvalue weighted by Crippen LogP contribution is -2.36. The van der Waals surface area contributed by atoms with E-state index < -0.39 is 0 Å². The lowest BCUT2D eigenvalue weighted by molar-refractivity contribution is 0.362. The molecule has 1 atom stereocenters. The van der Waals surface area contributed by atoms with Crippen molar-refractivity contribution < 1.29 is 0 Å². The van der Waals surface area contributed by atoms with Gasteiger partial charge in [0.2, 0.25) is 0 Å². The summed E-state index contributed by atoms with van der Waals surface area (Å²) in [5.41, 5.74) is 3.20. The summed E-state index contributed by atoms with van der Waals surface area (Å²) in [6.45, 7) is 14.8. The first-order chi connectivity index (χ1) is 8.89. The van der Waals surface area contributed by atoms with Crippen molar-refractivity contribution in [3.05, 3.63) is 29.8 Å². The summed E-state index contributed by atoms with van der Waals surface area (Å²) >= 11 is 0. The van der Waals surface area contributed by atoms with Crippen LogP contribution in [0.15, 0.2) is 24.3 Å². The zero-order valence-corrected chi connectivity index (χ0v) is 13.0. The topological polar surface area (TPSA) is 15.3 Å². The minimum Gasteiger partial charge on any atom is -0.369 e. The van der Waals surface area contributed by atoms with Crippen molar-refractivity contribution in [2.24, 2.45) is 5.41 Å². The molecule has 1 aromatic carbocycles. The van der Waals surface area contributed by atoms with Crippen LogP contribution in [0.4, 0.5) is 5.69 Å². The molecule has 1 heterocycles. The number of benzene rings is 1. The van der Waals surface area contributed by atoms with E-state index in [4.69, 9.17) is 0 Å². The van der Waals surface area contributed by atoms with Gasteiger partial charge in [-0.2, -0.15) is 0 Å². The molecule has 0 spiro atoms. The normalized spacial score (nSPS) is 23.5. The van der Waals surface area contributed by atoms with Gasteiger partial charge in [-0.3, -0.25) is 0 Å². The summed E-state index contributed by atoms with van der Waals surface area (Å²) in [7, 11) is 0. The fraction of sp³-hybridized carbons (Fsp3) is 0.647. The van der Waals surface area contributed by atoms with Gasteiger partial charge in [-0.1, -0.05) is 45.9 Å². The maximum atomic E-state index is 3.64. The third-order valence-corrected chi connectivity index (χ3v) is 3.94. The summed E-state index contributed by atoms with van der Waals surface area (Å²) in [6.07, 6.45) is 0. The van der Waals surface area contributed by atoms with Crippen molar-refractivity contribution in [1.29, 1.82) is 0 Å². The molecule has 2 heteroatoms. The first-order valence-corrected chi connectivity index (χ1v) is 7.46. The van der Waals surface area contributed by atoms with Crippen LogP contribution in [0.5, 0.6) is 0 Å². The Balaban J connectivity index is 2.33. The third-order valence-electron chi connectivity index (χ3n) is 3.94. The van der Waals surface area contributed by atoms with E-state index in [1.54, 1.807) is 0 Å². The predicted molar refractivity (Wildman–Crippen MR) is 84.0 cm³/mol. The molecule has 0 saturated carbocycles. The maximum absolute atomic E-state index is 3.64. The SMILES string of the molecule is CC1CN(c2ccccc2C(C)C)CC(C)(C)CN1. The molecule has 0 aliphatic carbocycles. The molecule has 2 nitrogen and oxygen atoms in total. The zero-order chi connectivity index (χ0) is 14.0. The molecule has 0 amide bonds. The van der Waals surface area contributed by atoms with Gasteiger partial charge < -0.3 is 10.2 Å². The van der Waals surface area contributed by atoms with Crippen LogP contribution in [0.1, 0.15) is 46.1 Å². The third kappa shape index (κ3) is 3.50. The number of rotatable bonds is 2. The van der Waals surface area contributed by atoms with Crippen molar-refractivity contribution in [1.82, 2.24) is 5.32 Å². The van der Waals surface area contributed by atoms with Gasteiger partial charge in [-0.25, -0.2) is 0 Å². The summed E-state index contributed by atoms with van der Waals surface area (Å²) in [4.78, 5) is 2.57. The van der Waals surface area contributed by atoms with E-state index in [0.717, 1.165) is 19.6 Å². The molecule has 0 radical (unpaired) electrons. The fourth-order valence-electron chi connectivity index (χ4n) is 2.93. The van der Waals surface area contributed by atoms with Gasteiger partial charge >= 0.3 is 0 Å². The van der Waals surface area contributed by atoms with Gasteiger partial charge in [0.25, 0.3) is 0 Å². The highest BCUT2D eigenvalue weighted by Crippen LogP contribution is 2.31. The lowest BCUT2D eigenvalue weighted by atomic mass is 9.92. The predicted octanol–water partition coefficient (Wildman–Crippen LogP) is 3.63. The highest BCUT2D eigenvalue weighted by atomic mass is 15.2. The molecule has 2 rings (SSSR count). The molecule has 0 bridgehead atoms. The van der Waals surface area contributed by atoms with Crippen LogP contribution in [0.25, 0.3) is 0 Å². The van der Waals surface area contributed by atoms with Crippen LogP contribution in [0, 0.1) is 5.41 Å². The number of para-hydroxylation sites is 1. The average Bonchev–Trinajstić information content (AvgIpc) is 2.48. The van der Waals surface area contributed by atoms with Crippen molar-refractivity contribution >= 4 is 5.69 Å². The second-order valence-corrected chi connectivity index (χ2v) is 7.04. The Morgan fingerprint density at radius 2 is 1.95 bits per heavy atom. The van der Waals surface area contributed by atoms with Crippen molar-refractivity contribution in [3.8, 4) is 0 Å². The Labute approximate surface area is 118 Å². The molecule has 1 aliphatic heterocycles. The van der Waals surface area contributed by atoms with E-state index in [2.05, 4.69) is 69.1 Å². The molecular formula is C17H28N2. The monoisotopic (exact) mass is 260 g/mol. The Morgan fingerprint density at radius 1 is 1.26 bits per heavy atom. The number of hydrogen-bond acceptors (Lipinski definition) is 2. The summed E-state index contributed by atoms with van der Waals surface area (Å²) in [6, 6.07) is 9.42. The van der Waals surface area contributed by atoms with Gasteiger partial charge in [0.05, 0.1) is 0 Å². The number of nitrogens with one attached hydrogen (secondary N) is 1. The van der Waals surface area contributed by atoms with Crippen molar-refractivity contribution in [3.63, 3.8) is 0 Å². The summed E-state index contributed by atoms with van der Waals surface area (Å²) < 4.78 is 0. The standard InChI is InChI=1S/C17H28N2/c1-13(2)15-8-6-7-9-16(15)19-10-14(3)18-11-17(4,5)12-19/h6-9,13-14,18H,10-12H2,1-5H3. The molecule has 1 aromatic rings. The molecule has 1 unspecified atom stereocenters. The highest BCUT2D eigenvalue weighted by molar-refractivity contribution is 5.55. The van der Waals surface area contributed by atoms with Gasteiger partial charge in [0, 0.05) is 31.4 Å². The second kappa shape index (κ2) is 5.54. The van der Waals surface area contributed by atoms with E-state index in [1.807, 2.05) is 0 Å². The molecule has 106 valence electrons. The van der Waals surface area contributed by atoms with Crippen LogP contribution in [0.3, 0.4) is 0 Å². The molecule has 19 heavy (non-hydrogen) atoms. The molecule has 1 N–H and O–H groups in total. The number of anilines is 1. The van der Waals surface area contributed by atoms with E-state index >= 15 is 0 Å². The molecule has 1 saturated heterocycles. The fourth-order valence-corrected chi connectivity index (χ4v) is 2.93. The van der Waals surface area contributed by atoms with Gasteiger partial charge in [-0.15, -0.1) is 0 Å². The van der Waals surface area contributed by atoms with E-state index in [9.17, 15) is 0 Å².